The number of fused-ring (bicyclic) bond motifs is 2. The quantitative estimate of drug-likeness (QED) is 0.370. The summed E-state index contributed by atoms with van der Waals surface area (Å²) in [4.78, 5) is 55.6. The number of hydrogen-bond donors (Lipinski definition) is 3. The highest BCUT2D eigenvalue weighted by atomic mass is 19.1. The molecule has 4 atom stereocenters. The Labute approximate surface area is 238 Å². The molecule has 1 saturated carbocycles. The molecular formula is C29H30F3N5O5. The average Bonchev–Trinajstić information content (AvgIpc) is 3.70. The van der Waals surface area contributed by atoms with E-state index in [9.17, 15) is 33.1 Å². The lowest BCUT2D eigenvalue weighted by Gasteiger charge is -2.33. The smallest absolute Gasteiger partial charge is 0.341 e. The van der Waals surface area contributed by atoms with Crippen molar-refractivity contribution in [3.05, 3.63) is 69.4 Å². The molecule has 13 heteroatoms. The summed E-state index contributed by atoms with van der Waals surface area (Å²) in [6.45, 7) is 6.07. The lowest BCUT2D eigenvalue weighted by Crippen LogP contribution is -2.54. The number of carboxylic acid groups (broad SMARTS) is 1. The zero-order valence-corrected chi connectivity index (χ0v) is 23.2. The van der Waals surface area contributed by atoms with Gasteiger partial charge in [0.25, 0.3) is 0 Å². The molecule has 222 valence electrons. The first kappa shape index (κ1) is 29.2. The van der Waals surface area contributed by atoms with Crippen LogP contribution in [0.3, 0.4) is 0 Å². The summed E-state index contributed by atoms with van der Waals surface area (Å²) in [5.74, 6) is -4.63. The van der Waals surface area contributed by atoms with Crippen molar-refractivity contribution < 1.29 is 32.7 Å². The maximum absolute atomic E-state index is 15.3. The summed E-state index contributed by atoms with van der Waals surface area (Å²) in [6, 6.07) is 2.56. The van der Waals surface area contributed by atoms with Crippen molar-refractivity contribution in [2.24, 2.45) is 17.8 Å². The molecule has 3 N–H and O–H groups in total. The van der Waals surface area contributed by atoms with Crippen LogP contribution in [0, 0.1) is 35.2 Å². The SMILES string of the molecule is CC(C)C(=O)N[C@@H](C)C(=O)NC1CN(Cc2nc3c(cc2F)c(=O)c(C(=O)O)cn3-c2ccc(F)cc2F)C[C@@H]2C[C@H]12. The lowest BCUT2D eigenvalue weighted by atomic mass is 10.0. The first-order chi connectivity index (χ1) is 19.8. The van der Waals surface area contributed by atoms with Crippen LogP contribution in [0.15, 0.2) is 35.3 Å². The predicted octanol–water partition coefficient (Wildman–Crippen LogP) is 2.60. The molecule has 3 aromatic rings. The molecule has 1 saturated heterocycles. The number of rotatable bonds is 8. The number of carboxylic acids is 1. The van der Waals surface area contributed by atoms with Gasteiger partial charge in [-0.3, -0.25) is 23.9 Å². The van der Waals surface area contributed by atoms with Gasteiger partial charge in [0, 0.05) is 43.9 Å². The molecule has 2 amide bonds. The van der Waals surface area contributed by atoms with Crippen molar-refractivity contribution in [1.29, 1.82) is 0 Å². The van der Waals surface area contributed by atoms with Gasteiger partial charge in [0.05, 0.1) is 16.8 Å². The average molecular weight is 586 g/mol. The molecule has 2 fully saturated rings. The van der Waals surface area contributed by atoms with E-state index >= 15 is 4.39 Å². The van der Waals surface area contributed by atoms with Crippen LogP contribution in [-0.4, -0.2) is 62.5 Å². The molecule has 0 spiro atoms. The summed E-state index contributed by atoms with van der Waals surface area (Å²) < 4.78 is 44.7. The molecule has 3 heterocycles. The summed E-state index contributed by atoms with van der Waals surface area (Å²) in [5.41, 5.74) is -2.24. The number of piperidine rings is 1. The van der Waals surface area contributed by atoms with Gasteiger partial charge in [-0.15, -0.1) is 0 Å². The van der Waals surface area contributed by atoms with Crippen molar-refractivity contribution >= 4 is 28.8 Å². The normalized spacial score (nSPS) is 20.7. The van der Waals surface area contributed by atoms with Crippen molar-refractivity contribution in [3.63, 3.8) is 0 Å². The highest BCUT2D eigenvalue weighted by Crippen LogP contribution is 2.45. The van der Waals surface area contributed by atoms with E-state index in [1.54, 1.807) is 20.8 Å². The summed E-state index contributed by atoms with van der Waals surface area (Å²) >= 11 is 0. The second-order valence-electron chi connectivity index (χ2n) is 11.3. The number of nitrogens with one attached hydrogen (secondary N) is 2. The largest absolute Gasteiger partial charge is 0.477 e. The highest BCUT2D eigenvalue weighted by molar-refractivity contribution is 5.92. The molecule has 2 aliphatic rings. The van der Waals surface area contributed by atoms with E-state index in [1.165, 1.54) is 0 Å². The van der Waals surface area contributed by atoms with Gasteiger partial charge in [0.2, 0.25) is 17.2 Å². The Hall–Kier alpha value is -4.26. The minimum Gasteiger partial charge on any atom is -0.477 e. The number of pyridine rings is 2. The van der Waals surface area contributed by atoms with E-state index in [4.69, 9.17) is 0 Å². The summed E-state index contributed by atoms with van der Waals surface area (Å²) in [7, 11) is 0. The molecule has 0 radical (unpaired) electrons. The van der Waals surface area contributed by atoms with Crippen LogP contribution in [-0.2, 0) is 16.1 Å². The van der Waals surface area contributed by atoms with Gasteiger partial charge in [-0.05, 0) is 43.4 Å². The van der Waals surface area contributed by atoms with Gasteiger partial charge in [0.15, 0.2) is 0 Å². The number of amides is 2. The monoisotopic (exact) mass is 585 g/mol. The first-order valence-corrected chi connectivity index (χ1v) is 13.6. The Morgan fingerprint density at radius 2 is 1.81 bits per heavy atom. The number of carbonyl (C=O) groups excluding carboxylic acids is 2. The molecule has 2 aromatic heterocycles. The van der Waals surface area contributed by atoms with E-state index in [1.807, 2.05) is 4.90 Å². The predicted molar refractivity (Wildman–Crippen MR) is 145 cm³/mol. The third kappa shape index (κ3) is 5.73. The second-order valence-corrected chi connectivity index (χ2v) is 11.3. The number of nitrogens with zero attached hydrogens (tertiary/aromatic N) is 3. The topological polar surface area (TPSA) is 134 Å². The van der Waals surface area contributed by atoms with Crippen LogP contribution in [0.2, 0.25) is 0 Å². The van der Waals surface area contributed by atoms with Crippen LogP contribution in [0.25, 0.3) is 16.7 Å². The molecule has 1 unspecified atom stereocenters. The van der Waals surface area contributed by atoms with E-state index < -0.39 is 40.5 Å². The third-order valence-corrected chi connectivity index (χ3v) is 7.82. The number of carbonyl (C=O) groups is 3. The Morgan fingerprint density at radius 3 is 2.48 bits per heavy atom. The van der Waals surface area contributed by atoms with Crippen molar-refractivity contribution in [1.82, 2.24) is 25.1 Å². The molecule has 10 nitrogen and oxygen atoms in total. The van der Waals surface area contributed by atoms with E-state index in [-0.39, 0.29) is 64.6 Å². The van der Waals surface area contributed by atoms with Crippen LogP contribution in [0.4, 0.5) is 13.2 Å². The molecule has 1 aromatic carbocycles. The zero-order chi connectivity index (χ0) is 30.5. The van der Waals surface area contributed by atoms with Gasteiger partial charge < -0.3 is 15.7 Å². The molecule has 1 aliphatic carbocycles. The molecule has 0 bridgehead atoms. The first-order valence-electron chi connectivity index (χ1n) is 13.6. The van der Waals surface area contributed by atoms with Crippen LogP contribution < -0.4 is 16.1 Å². The number of benzene rings is 1. The van der Waals surface area contributed by atoms with Gasteiger partial charge in [-0.1, -0.05) is 13.8 Å². The number of aromatic nitrogens is 2. The Morgan fingerprint density at radius 1 is 1.07 bits per heavy atom. The summed E-state index contributed by atoms with van der Waals surface area (Å²) in [5, 5.41) is 14.8. The maximum atomic E-state index is 15.3. The van der Waals surface area contributed by atoms with Crippen LogP contribution in [0.5, 0.6) is 0 Å². The van der Waals surface area contributed by atoms with Gasteiger partial charge >= 0.3 is 5.97 Å². The molecule has 42 heavy (non-hydrogen) atoms. The van der Waals surface area contributed by atoms with Crippen LogP contribution in [0.1, 0.15) is 43.2 Å². The number of likely N-dealkylation sites (tertiary alicyclic amines) is 1. The van der Waals surface area contributed by atoms with Gasteiger partial charge in [-0.2, -0.15) is 0 Å². The highest BCUT2D eigenvalue weighted by Gasteiger charge is 2.48. The van der Waals surface area contributed by atoms with Crippen molar-refractivity contribution in [2.75, 3.05) is 13.1 Å². The Balaban J connectivity index is 1.43. The van der Waals surface area contributed by atoms with Crippen molar-refractivity contribution in [2.45, 2.75) is 45.8 Å². The second kappa shape index (κ2) is 11.2. The Bertz CT molecular complexity index is 1660. The van der Waals surface area contributed by atoms with Gasteiger partial charge in [-0.25, -0.2) is 22.9 Å². The number of hydrogen-bond acceptors (Lipinski definition) is 6. The summed E-state index contributed by atoms with van der Waals surface area (Å²) in [6.07, 6.45) is 1.77. The standard InChI is InChI=1S/C29H30F3N5O5/c1-13(2)27(39)33-14(3)28(40)35-22-11-36(9-15-6-17(15)22)12-23-20(31)8-18-25(38)19(29(41)42)10-37(26(18)34-23)24-5-4-16(30)7-21(24)32/h4-5,7-8,10,13-15,17,22H,6,9,11-12H2,1-3H3,(H,33,39)(H,35,40)(H,41,42)/t14-,15-,17-,22?/m0/s1. The molecule has 5 rings (SSSR count). The van der Waals surface area contributed by atoms with Crippen molar-refractivity contribution in [3.8, 4) is 5.69 Å². The maximum Gasteiger partial charge on any atom is 0.341 e. The molecular weight excluding hydrogens is 555 g/mol. The molecule has 1 aliphatic heterocycles. The van der Waals surface area contributed by atoms with E-state index in [0.717, 1.165) is 35.4 Å². The zero-order valence-electron chi connectivity index (χ0n) is 23.2. The van der Waals surface area contributed by atoms with E-state index in [0.29, 0.717) is 19.2 Å². The minimum atomic E-state index is -1.60. The van der Waals surface area contributed by atoms with Crippen LogP contribution >= 0.6 is 0 Å². The fourth-order valence-corrected chi connectivity index (χ4v) is 5.42. The number of aromatic carboxylic acids is 1. The number of halogens is 3. The lowest BCUT2D eigenvalue weighted by molar-refractivity contribution is -0.130. The fourth-order valence-electron chi connectivity index (χ4n) is 5.42. The van der Waals surface area contributed by atoms with E-state index in [2.05, 4.69) is 15.6 Å². The van der Waals surface area contributed by atoms with Gasteiger partial charge in [0.1, 0.15) is 34.7 Å². The fraction of sp³-hybridized carbons (Fsp3) is 0.414. The minimum absolute atomic E-state index is 0.00221. The third-order valence-electron chi connectivity index (χ3n) is 7.82. The Kier molecular flexibility index (Phi) is 7.80.